The number of aliphatic hydroxyl groups excluding tert-OH is 1. The predicted molar refractivity (Wildman–Crippen MR) is 66.8 cm³/mol. The highest BCUT2D eigenvalue weighted by Gasteiger charge is 2.26. The van der Waals surface area contributed by atoms with Crippen molar-refractivity contribution in [1.29, 1.82) is 0 Å². The van der Waals surface area contributed by atoms with E-state index in [0.717, 1.165) is 0 Å². The van der Waals surface area contributed by atoms with Gasteiger partial charge < -0.3 is 19.9 Å². The van der Waals surface area contributed by atoms with Crippen LogP contribution in [0.1, 0.15) is 17.3 Å². The first-order valence-corrected chi connectivity index (χ1v) is 5.68. The Labute approximate surface area is 108 Å². The number of carbonyl (C=O) groups excluding carboxylic acids is 1. The summed E-state index contributed by atoms with van der Waals surface area (Å²) in [4.78, 5) is 22.9. The molecule has 0 aliphatic heterocycles. The fraction of sp³-hybridized carbons (Fsp3) is 0.231. The zero-order valence-electron chi connectivity index (χ0n) is 10.2. The fourth-order valence-electron chi connectivity index (χ4n) is 1.76. The number of carbonyl (C=O) groups is 2. The van der Waals surface area contributed by atoms with E-state index in [0.29, 0.717) is 11.0 Å². The quantitative estimate of drug-likeness (QED) is 0.764. The molecule has 0 radical (unpaired) electrons. The molecule has 2 rings (SSSR count). The third-order valence-electron chi connectivity index (χ3n) is 2.76. The standard InChI is InChI=1S/C13H13NO5/c1-7(15)11(13(17)18)14-12(16)9-6-19-10-5-3-2-4-8(9)10/h2-7,11,15H,1H3,(H,14,16)(H,17,18). The minimum Gasteiger partial charge on any atom is -0.480 e. The first-order chi connectivity index (χ1) is 9.00. The number of rotatable bonds is 4. The van der Waals surface area contributed by atoms with Gasteiger partial charge in [0.2, 0.25) is 0 Å². The maximum absolute atomic E-state index is 12.0. The van der Waals surface area contributed by atoms with Crippen molar-refractivity contribution in [2.45, 2.75) is 19.1 Å². The molecule has 6 heteroatoms. The molecular weight excluding hydrogens is 250 g/mol. The van der Waals surface area contributed by atoms with Crippen LogP contribution in [-0.4, -0.2) is 34.2 Å². The third kappa shape index (κ3) is 2.58. The number of carboxylic acids is 1. The van der Waals surface area contributed by atoms with E-state index in [-0.39, 0.29) is 5.56 Å². The molecule has 0 aliphatic carbocycles. The van der Waals surface area contributed by atoms with Crippen LogP contribution in [-0.2, 0) is 4.79 Å². The lowest BCUT2D eigenvalue weighted by Gasteiger charge is -2.16. The minimum atomic E-state index is -1.36. The minimum absolute atomic E-state index is 0.238. The number of aliphatic carboxylic acids is 1. The van der Waals surface area contributed by atoms with E-state index in [2.05, 4.69) is 5.32 Å². The van der Waals surface area contributed by atoms with Gasteiger partial charge in [-0.1, -0.05) is 18.2 Å². The number of fused-ring (bicyclic) bond motifs is 1. The Bertz CT molecular complexity index is 616. The van der Waals surface area contributed by atoms with Crippen LogP contribution in [0.2, 0.25) is 0 Å². The Balaban J connectivity index is 2.27. The van der Waals surface area contributed by atoms with E-state index in [4.69, 9.17) is 9.52 Å². The van der Waals surface area contributed by atoms with Crippen molar-refractivity contribution in [2.75, 3.05) is 0 Å². The van der Waals surface area contributed by atoms with Gasteiger partial charge in [-0.05, 0) is 13.0 Å². The topological polar surface area (TPSA) is 99.8 Å². The second-order valence-electron chi connectivity index (χ2n) is 4.18. The molecule has 6 nitrogen and oxygen atoms in total. The molecule has 0 saturated heterocycles. The first kappa shape index (κ1) is 13.1. The summed E-state index contributed by atoms with van der Waals surface area (Å²) in [5, 5.41) is 21.1. The maximum atomic E-state index is 12.0. The molecular formula is C13H13NO5. The highest BCUT2D eigenvalue weighted by Crippen LogP contribution is 2.20. The molecule has 0 saturated carbocycles. The molecule has 2 unspecified atom stereocenters. The zero-order chi connectivity index (χ0) is 14.0. The van der Waals surface area contributed by atoms with E-state index < -0.39 is 24.0 Å². The smallest absolute Gasteiger partial charge is 0.328 e. The largest absolute Gasteiger partial charge is 0.480 e. The molecule has 1 aromatic carbocycles. The third-order valence-corrected chi connectivity index (χ3v) is 2.76. The van der Waals surface area contributed by atoms with Gasteiger partial charge in [0.25, 0.3) is 5.91 Å². The van der Waals surface area contributed by atoms with Gasteiger partial charge in [-0.25, -0.2) is 4.79 Å². The Morgan fingerprint density at radius 2 is 2.00 bits per heavy atom. The molecule has 0 spiro atoms. The lowest BCUT2D eigenvalue weighted by Crippen LogP contribution is -2.47. The van der Waals surface area contributed by atoms with E-state index >= 15 is 0 Å². The lowest BCUT2D eigenvalue weighted by atomic mass is 10.1. The van der Waals surface area contributed by atoms with Crippen LogP contribution in [0.5, 0.6) is 0 Å². The van der Waals surface area contributed by atoms with Gasteiger partial charge in [-0.15, -0.1) is 0 Å². The van der Waals surface area contributed by atoms with E-state index in [1.807, 2.05) is 0 Å². The molecule has 0 bridgehead atoms. The van der Waals surface area contributed by atoms with E-state index in [1.165, 1.54) is 13.2 Å². The number of para-hydroxylation sites is 1. The van der Waals surface area contributed by atoms with Gasteiger partial charge in [0.05, 0.1) is 11.7 Å². The fourth-order valence-corrected chi connectivity index (χ4v) is 1.76. The van der Waals surface area contributed by atoms with Gasteiger partial charge in [-0.3, -0.25) is 4.79 Å². The monoisotopic (exact) mass is 263 g/mol. The second-order valence-corrected chi connectivity index (χ2v) is 4.18. The van der Waals surface area contributed by atoms with Crippen LogP contribution >= 0.6 is 0 Å². The molecule has 0 fully saturated rings. The number of amides is 1. The summed E-state index contributed by atoms with van der Waals surface area (Å²) in [6, 6.07) is 5.56. The number of benzene rings is 1. The van der Waals surface area contributed by atoms with Crippen molar-refractivity contribution >= 4 is 22.8 Å². The van der Waals surface area contributed by atoms with Crippen molar-refractivity contribution in [2.24, 2.45) is 0 Å². The van der Waals surface area contributed by atoms with E-state index in [1.54, 1.807) is 24.3 Å². The summed E-state index contributed by atoms with van der Waals surface area (Å²) in [5.74, 6) is -1.89. The molecule has 1 aromatic heterocycles. The summed E-state index contributed by atoms with van der Waals surface area (Å²) in [6.45, 7) is 1.30. The highest BCUT2D eigenvalue weighted by atomic mass is 16.4. The number of hydrogen-bond donors (Lipinski definition) is 3. The number of furan rings is 1. The van der Waals surface area contributed by atoms with Gasteiger partial charge in [0.15, 0.2) is 6.04 Å². The number of hydrogen-bond acceptors (Lipinski definition) is 4. The summed E-state index contributed by atoms with van der Waals surface area (Å²) >= 11 is 0. The molecule has 2 atom stereocenters. The van der Waals surface area contributed by atoms with Crippen molar-refractivity contribution in [1.82, 2.24) is 5.32 Å². The van der Waals surface area contributed by atoms with Crippen LogP contribution in [0.4, 0.5) is 0 Å². The number of aliphatic hydroxyl groups is 1. The van der Waals surface area contributed by atoms with Crippen molar-refractivity contribution in [3.05, 3.63) is 36.1 Å². The maximum Gasteiger partial charge on any atom is 0.328 e. The van der Waals surface area contributed by atoms with Crippen molar-refractivity contribution < 1.29 is 24.2 Å². The molecule has 0 aliphatic rings. The lowest BCUT2D eigenvalue weighted by molar-refractivity contribution is -0.141. The molecule has 100 valence electrons. The van der Waals surface area contributed by atoms with Gasteiger partial charge >= 0.3 is 5.97 Å². The number of carboxylic acid groups (broad SMARTS) is 1. The Morgan fingerprint density at radius 1 is 1.32 bits per heavy atom. The second kappa shape index (κ2) is 5.11. The number of nitrogens with one attached hydrogen (secondary N) is 1. The molecule has 19 heavy (non-hydrogen) atoms. The molecule has 3 N–H and O–H groups in total. The SMILES string of the molecule is CC(O)C(NC(=O)c1coc2ccccc12)C(=O)O. The van der Waals surface area contributed by atoms with Gasteiger partial charge in [0, 0.05) is 5.39 Å². The predicted octanol–water partition coefficient (Wildman–Crippen LogP) is 0.997. The Hall–Kier alpha value is -2.34. The molecule has 2 aromatic rings. The van der Waals surface area contributed by atoms with Crippen molar-refractivity contribution in [3.63, 3.8) is 0 Å². The van der Waals surface area contributed by atoms with Crippen LogP contribution in [0.15, 0.2) is 34.9 Å². The molecule has 1 heterocycles. The highest BCUT2D eigenvalue weighted by molar-refractivity contribution is 6.06. The van der Waals surface area contributed by atoms with Crippen LogP contribution in [0.3, 0.4) is 0 Å². The molecule has 1 amide bonds. The average molecular weight is 263 g/mol. The summed E-state index contributed by atoms with van der Waals surface area (Å²) in [6.07, 6.45) is 0.0700. The van der Waals surface area contributed by atoms with Crippen LogP contribution in [0.25, 0.3) is 11.0 Å². The Kier molecular flexibility index (Phi) is 3.52. The van der Waals surface area contributed by atoms with E-state index in [9.17, 15) is 14.7 Å². The first-order valence-electron chi connectivity index (χ1n) is 5.68. The van der Waals surface area contributed by atoms with Crippen molar-refractivity contribution in [3.8, 4) is 0 Å². The van der Waals surface area contributed by atoms with Gasteiger partial charge in [-0.2, -0.15) is 0 Å². The summed E-state index contributed by atoms with van der Waals surface area (Å²) in [5.41, 5.74) is 0.777. The summed E-state index contributed by atoms with van der Waals surface area (Å²) < 4.78 is 5.20. The Morgan fingerprint density at radius 3 is 2.63 bits per heavy atom. The normalized spacial score (nSPS) is 14.0. The van der Waals surface area contributed by atoms with Crippen LogP contribution < -0.4 is 5.32 Å². The average Bonchev–Trinajstić information content (AvgIpc) is 2.78. The zero-order valence-corrected chi connectivity index (χ0v) is 10.2. The van der Waals surface area contributed by atoms with Gasteiger partial charge in [0.1, 0.15) is 11.8 Å². The summed E-state index contributed by atoms with van der Waals surface area (Å²) in [7, 11) is 0. The van der Waals surface area contributed by atoms with Crippen LogP contribution in [0, 0.1) is 0 Å².